The van der Waals surface area contributed by atoms with Crippen molar-refractivity contribution in [3.63, 3.8) is 0 Å². The Balaban J connectivity index is 1.45. The lowest BCUT2D eigenvalue weighted by atomic mass is 10.2. The van der Waals surface area contributed by atoms with Crippen LogP contribution in [0, 0.1) is 0 Å². The van der Waals surface area contributed by atoms with Crippen LogP contribution >= 0.6 is 0 Å². The van der Waals surface area contributed by atoms with Crippen molar-refractivity contribution < 1.29 is 4.79 Å². The molecule has 0 saturated carbocycles. The highest BCUT2D eigenvalue weighted by molar-refractivity contribution is 5.94. The standard InChI is InChI=1S/C18H18N6O/c25-18(15-1-6-21-17(13-15)24-8-7-20-14-24)23-11-9-22(10-12-23)16-2-4-19-5-3-16/h1-8,13-14H,9-12H2. The van der Waals surface area contributed by atoms with E-state index in [0.717, 1.165) is 18.8 Å². The van der Waals surface area contributed by atoms with Crippen LogP contribution in [0.4, 0.5) is 5.69 Å². The Bertz CT molecular complexity index is 841. The number of amides is 1. The van der Waals surface area contributed by atoms with Crippen LogP contribution in [0.15, 0.2) is 61.6 Å². The lowest BCUT2D eigenvalue weighted by molar-refractivity contribution is 0.0746. The van der Waals surface area contributed by atoms with Gasteiger partial charge in [-0.3, -0.25) is 14.3 Å². The minimum atomic E-state index is 0.0399. The normalized spacial score (nSPS) is 14.6. The van der Waals surface area contributed by atoms with Crippen LogP contribution in [-0.2, 0) is 0 Å². The van der Waals surface area contributed by atoms with Gasteiger partial charge in [-0.25, -0.2) is 9.97 Å². The maximum atomic E-state index is 12.8. The number of imidazole rings is 1. The fourth-order valence-electron chi connectivity index (χ4n) is 2.99. The van der Waals surface area contributed by atoms with Crippen molar-refractivity contribution in [3.8, 4) is 5.82 Å². The highest BCUT2D eigenvalue weighted by Crippen LogP contribution is 2.17. The lowest BCUT2D eigenvalue weighted by Gasteiger charge is -2.36. The molecule has 4 rings (SSSR count). The number of rotatable bonds is 3. The van der Waals surface area contributed by atoms with Crippen LogP contribution < -0.4 is 4.90 Å². The van der Waals surface area contributed by atoms with E-state index in [0.29, 0.717) is 24.5 Å². The van der Waals surface area contributed by atoms with Gasteiger partial charge in [0, 0.05) is 68.4 Å². The van der Waals surface area contributed by atoms with E-state index in [4.69, 9.17) is 0 Å². The molecule has 0 bridgehead atoms. The summed E-state index contributed by atoms with van der Waals surface area (Å²) in [4.78, 5) is 29.3. The van der Waals surface area contributed by atoms with Crippen LogP contribution in [-0.4, -0.2) is 56.5 Å². The molecule has 3 aromatic rings. The number of carbonyl (C=O) groups is 1. The third-order valence-electron chi connectivity index (χ3n) is 4.36. The number of anilines is 1. The summed E-state index contributed by atoms with van der Waals surface area (Å²) in [5.41, 5.74) is 1.80. The van der Waals surface area contributed by atoms with E-state index in [1.807, 2.05) is 23.2 Å². The SMILES string of the molecule is O=C(c1ccnc(-n2ccnc2)c1)N1CCN(c2ccncc2)CC1. The van der Waals surface area contributed by atoms with E-state index in [-0.39, 0.29) is 5.91 Å². The lowest BCUT2D eigenvalue weighted by Crippen LogP contribution is -2.48. The molecule has 0 radical (unpaired) electrons. The average Bonchev–Trinajstić information content (AvgIpc) is 3.23. The summed E-state index contributed by atoms with van der Waals surface area (Å²) in [5, 5.41) is 0. The number of piperazine rings is 1. The molecule has 0 aromatic carbocycles. The fourth-order valence-corrected chi connectivity index (χ4v) is 2.99. The first kappa shape index (κ1) is 15.3. The number of nitrogens with zero attached hydrogens (tertiary/aromatic N) is 6. The number of hydrogen-bond acceptors (Lipinski definition) is 5. The highest BCUT2D eigenvalue weighted by atomic mass is 16.2. The minimum Gasteiger partial charge on any atom is -0.368 e. The largest absolute Gasteiger partial charge is 0.368 e. The summed E-state index contributed by atoms with van der Waals surface area (Å²) in [6, 6.07) is 7.56. The molecule has 3 aromatic heterocycles. The molecule has 126 valence electrons. The topological polar surface area (TPSA) is 67.2 Å². The molecule has 1 aliphatic rings. The summed E-state index contributed by atoms with van der Waals surface area (Å²) >= 11 is 0. The van der Waals surface area contributed by atoms with Gasteiger partial charge in [-0.15, -0.1) is 0 Å². The van der Waals surface area contributed by atoms with E-state index in [1.165, 1.54) is 0 Å². The molecule has 0 aliphatic carbocycles. The van der Waals surface area contributed by atoms with E-state index in [9.17, 15) is 4.79 Å². The zero-order valence-corrected chi connectivity index (χ0v) is 13.7. The molecular weight excluding hydrogens is 316 g/mol. The predicted molar refractivity (Wildman–Crippen MR) is 93.7 cm³/mol. The number of carbonyl (C=O) groups excluding carboxylic acids is 1. The quantitative estimate of drug-likeness (QED) is 0.728. The molecule has 7 nitrogen and oxygen atoms in total. The summed E-state index contributed by atoms with van der Waals surface area (Å²) < 4.78 is 1.79. The van der Waals surface area contributed by atoms with Gasteiger partial charge in [0.25, 0.3) is 5.91 Å². The first-order valence-corrected chi connectivity index (χ1v) is 8.20. The van der Waals surface area contributed by atoms with Gasteiger partial charge in [-0.05, 0) is 24.3 Å². The van der Waals surface area contributed by atoms with Gasteiger partial charge in [-0.2, -0.15) is 0 Å². The Morgan fingerprint density at radius 1 is 0.920 bits per heavy atom. The second-order valence-corrected chi connectivity index (χ2v) is 5.86. The van der Waals surface area contributed by atoms with Crippen LogP contribution in [0.2, 0.25) is 0 Å². The van der Waals surface area contributed by atoms with Crippen molar-refractivity contribution >= 4 is 11.6 Å². The second kappa shape index (κ2) is 6.72. The molecule has 7 heteroatoms. The molecule has 25 heavy (non-hydrogen) atoms. The minimum absolute atomic E-state index is 0.0399. The van der Waals surface area contributed by atoms with Gasteiger partial charge in [-0.1, -0.05) is 0 Å². The molecule has 1 fully saturated rings. The third-order valence-corrected chi connectivity index (χ3v) is 4.36. The van der Waals surface area contributed by atoms with Crippen molar-refractivity contribution in [1.82, 2.24) is 24.4 Å². The Morgan fingerprint density at radius 3 is 2.44 bits per heavy atom. The van der Waals surface area contributed by atoms with Gasteiger partial charge in [0.15, 0.2) is 0 Å². The predicted octanol–water partition coefficient (Wildman–Crippen LogP) is 1.62. The Hall–Kier alpha value is -3.22. The molecule has 0 unspecified atom stereocenters. The van der Waals surface area contributed by atoms with Gasteiger partial charge in [0.2, 0.25) is 0 Å². The maximum Gasteiger partial charge on any atom is 0.254 e. The summed E-state index contributed by atoms with van der Waals surface area (Å²) in [5.74, 6) is 0.733. The van der Waals surface area contributed by atoms with E-state index >= 15 is 0 Å². The Labute approximate surface area is 145 Å². The smallest absolute Gasteiger partial charge is 0.254 e. The highest BCUT2D eigenvalue weighted by Gasteiger charge is 2.22. The van der Waals surface area contributed by atoms with Gasteiger partial charge in [0.05, 0.1) is 0 Å². The van der Waals surface area contributed by atoms with Crippen molar-refractivity contribution in [2.24, 2.45) is 0 Å². The molecule has 1 aliphatic heterocycles. The second-order valence-electron chi connectivity index (χ2n) is 5.86. The monoisotopic (exact) mass is 334 g/mol. The van der Waals surface area contributed by atoms with E-state index < -0.39 is 0 Å². The first-order chi connectivity index (χ1) is 12.3. The Morgan fingerprint density at radius 2 is 1.72 bits per heavy atom. The summed E-state index contributed by atoms with van der Waals surface area (Å²) in [6.07, 6.45) is 10.4. The van der Waals surface area contributed by atoms with Crippen molar-refractivity contribution in [3.05, 3.63) is 67.1 Å². The molecule has 4 heterocycles. The van der Waals surface area contributed by atoms with Crippen LogP contribution in [0.5, 0.6) is 0 Å². The zero-order valence-electron chi connectivity index (χ0n) is 13.7. The number of aromatic nitrogens is 4. The molecular formula is C18H18N6O. The van der Waals surface area contributed by atoms with Crippen molar-refractivity contribution in [2.75, 3.05) is 31.1 Å². The summed E-state index contributed by atoms with van der Waals surface area (Å²) in [6.45, 7) is 3.03. The van der Waals surface area contributed by atoms with Gasteiger partial charge < -0.3 is 9.80 Å². The zero-order chi connectivity index (χ0) is 17.1. The first-order valence-electron chi connectivity index (χ1n) is 8.20. The molecule has 0 N–H and O–H groups in total. The van der Waals surface area contributed by atoms with E-state index in [2.05, 4.69) is 19.9 Å². The van der Waals surface area contributed by atoms with Crippen molar-refractivity contribution in [2.45, 2.75) is 0 Å². The third kappa shape index (κ3) is 3.21. The number of pyridine rings is 2. The molecule has 1 amide bonds. The van der Waals surface area contributed by atoms with Gasteiger partial charge >= 0.3 is 0 Å². The van der Waals surface area contributed by atoms with Crippen LogP contribution in [0.25, 0.3) is 5.82 Å². The molecule has 0 spiro atoms. The maximum absolute atomic E-state index is 12.8. The Kier molecular flexibility index (Phi) is 4.12. The van der Waals surface area contributed by atoms with Crippen LogP contribution in [0.1, 0.15) is 10.4 Å². The van der Waals surface area contributed by atoms with Crippen molar-refractivity contribution in [1.29, 1.82) is 0 Å². The van der Waals surface area contributed by atoms with E-state index in [1.54, 1.807) is 47.8 Å². The van der Waals surface area contributed by atoms with Crippen LogP contribution in [0.3, 0.4) is 0 Å². The molecule has 1 saturated heterocycles. The number of hydrogen-bond donors (Lipinski definition) is 0. The molecule has 0 atom stereocenters. The van der Waals surface area contributed by atoms with Gasteiger partial charge in [0.1, 0.15) is 12.1 Å². The fraction of sp³-hybridized carbons (Fsp3) is 0.222. The average molecular weight is 334 g/mol. The summed E-state index contributed by atoms with van der Waals surface area (Å²) in [7, 11) is 0.